The molecule has 4 heteroatoms. The minimum absolute atomic E-state index is 0.0892. The van der Waals surface area contributed by atoms with Crippen LogP contribution in [0.1, 0.15) is 18.1 Å². The fourth-order valence-corrected chi connectivity index (χ4v) is 3.80. The van der Waals surface area contributed by atoms with E-state index in [1.807, 2.05) is 42.2 Å². The zero-order valence-electron chi connectivity index (χ0n) is 13.5. The van der Waals surface area contributed by atoms with E-state index in [0.717, 1.165) is 30.2 Å². The maximum Gasteiger partial charge on any atom is 0.236 e. The van der Waals surface area contributed by atoms with E-state index < -0.39 is 0 Å². The summed E-state index contributed by atoms with van der Waals surface area (Å²) in [5, 5.41) is -0.0892. The van der Waals surface area contributed by atoms with Crippen LogP contribution in [0.2, 0.25) is 0 Å². The highest BCUT2D eigenvalue weighted by Crippen LogP contribution is 2.28. The van der Waals surface area contributed by atoms with Crippen LogP contribution in [0.3, 0.4) is 0 Å². The molecule has 120 valence electrons. The Hall–Kier alpha value is -1.94. The van der Waals surface area contributed by atoms with Crippen molar-refractivity contribution in [3.05, 3.63) is 59.7 Å². The van der Waals surface area contributed by atoms with Crippen LogP contribution in [0.25, 0.3) is 0 Å². The molecule has 0 spiro atoms. The highest BCUT2D eigenvalue weighted by Gasteiger charge is 2.25. The number of hydrogen-bond acceptors (Lipinski definition) is 3. The Bertz CT molecular complexity index is 684. The van der Waals surface area contributed by atoms with E-state index in [4.69, 9.17) is 4.74 Å². The monoisotopic (exact) mass is 327 g/mol. The Balaban J connectivity index is 1.63. The first-order valence-electron chi connectivity index (χ1n) is 7.83. The molecular formula is C19H21NO2S. The van der Waals surface area contributed by atoms with Gasteiger partial charge in [-0.2, -0.15) is 0 Å². The molecule has 3 rings (SSSR count). The van der Waals surface area contributed by atoms with Crippen LogP contribution in [-0.2, 0) is 17.8 Å². The second-order valence-electron chi connectivity index (χ2n) is 5.71. The van der Waals surface area contributed by atoms with Crippen LogP contribution in [0, 0.1) is 0 Å². The largest absolute Gasteiger partial charge is 0.497 e. The average Bonchev–Trinajstić information content (AvgIpc) is 2.61. The molecule has 0 radical (unpaired) electrons. The quantitative estimate of drug-likeness (QED) is 0.801. The summed E-state index contributed by atoms with van der Waals surface area (Å²) in [7, 11) is 1.66. The first-order chi connectivity index (χ1) is 11.2. The third-order valence-corrected chi connectivity index (χ3v) is 5.26. The number of rotatable bonds is 4. The summed E-state index contributed by atoms with van der Waals surface area (Å²) in [5.74, 6) is 1.04. The molecule has 1 aliphatic rings. The number of methoxy groups -OCH3 is 1. The molecule has 2 aromatic rings. The Labute approximate surface area is 141 Å². The molecule has 0 saturated heterocycles. The van der Waals surface area contributed by atoms with E-state index in [1.165, 1.54) is 11.1 Å². The van der Waals surface area contributed by atoms with E-state index in [1.54, 1.807) is 18.9 Å². The van der Waals surface area contributed by atoms with Crippen LogP contribution in [0.5, 0.6) is 5.75 Å². The van der Waals surface area contributed by atoms with Gasteiger partial charge in [-0.3, -0.25) is 4.79 Å². The molecule has 0 aliphatic carbocycles. The van der Waals surface area contributed by atoms with Crippen molar-refractivity contribution in [2.24, 2.45) is 0 Å². The smallest absolute Gasteiger partial charge is 0.236 e. The molecular weight excluding hydrogens is 306 g/mol. The zero-order valence-corrected chi connectivity index (χ0v) is 14.3. The number of ether oxygens (including phenoxy) is 1. The van der Waals surface area contributed by atoms with Gasteiger partial charge in [0.2, 0.25) is 5.91 Å². The third-order valence-electron chi connectivity index (χ3n) is 4.16. The molecule has 0 fully saturated rings. The number of thioether (sulfide) groups is 1. The summed E-state index contributed by atoms with van der Waals surface area (Å²) in [4.78, 5) is 15.8. The topological polar surface area (TPSA) is 29.5 Å². The number of nitrogens with zero attached hydrogens (tertiary/aromatic N) is 1. The van der Waals surface area contributed by atoms with Gasteiger partial charge in [-0.15, -0.1) is 11.8 Å². The number of carbonyl (C=O) groups excluding carboxylic acids is 1. The molecule has 0 unspecified atom stereocenters. The summed E-state index contributed by atoms with van der Waals surface area (Å²) in [6.45, 7) is 3.52. The van der Waals surface area contributed by atoms with Gasteiger partial charge in [0.05, 0.1) is 12.4 Å². The van der Waals surface area contributed by atoms with Crippen molar-refractivity contribution >= 4 is 17.7 Å². The van der Waals surface area contributed by atoms with Crippen LogP contribution in [0.15, 0.2) is 53.4 Å². The van der Waals surface area contributed by atoms with Crippen molar-refractivity contribution in [2.75, 3.05) is 13.7 Å². The lowest BCUT2D eigenvalue weighted by atomic mass is 10.00. The Morgan fingerprint density at radius 1 is 1.13 bits per heavy atom. The average molecular weight is 327 g/mol. The summed E-state index contributed by atoms with van der Waals surface area (Å²) < 4.78 is 5.17. The van der Waals surface area contributed by atoms with Gasteiger partial charge in [-0.25, -0.2) is 0 Å². The Morgan fingerprint density at radius 2 is 1.83 bits per heavy atom. The lowest BCUT2D eigenvalue weighted by molar-refractivity contribution is -0.131. The highest BCUT2D eigenvalue weighted by atomic mass is 32.2. The molecule has 1 atom stereocenters. The lowest BCUT2D eigenvalue weighted by Gasteiger charge is -2.30. The number of benzene rings is 2. The number of amides is 1. The van der Waals surface area contributed by atoms with Crippen molar-refractivity contribution in [1.29, 1.82) is 0 Å². The third kappa shape index (κ3) is 3.70. The minimum Gasteiger partial charge on any atom is -0.497 e. The van der Waals surface area contributed by atoms with Crippen molar-refractivity contribution in [1.82, 2.24) is 4.90 Å². The summed E-state index contributed by atoms with van der Waals surface area (Å²) in [6, 6.07) is 16.2. The maximum atomic E-state index is 12.7. The predicted octanol–water partition coefficient (Wildman–Crippen LogP) is 3.76. The maximum absolute atomic E-state index is 12.7. The van der Waals surface area contributed by atoms with Gasteiger partial charge in [-0.05, 0) is 48.7 Å². The molecule has 1 aliphatic heterocycles. The first kappa shape index (κ1) is 15.9. The van der Waals surface area contributed by atoms with E-state index in [9.17, 15) is 4.79 Å². The van der Waals surface area contributed by atoms with Crippen LogP contribution in [-0.4, -0.2) is 29.7 Å². The summed E-state index contributed by atoms with van der Waals surface area (Å²) in [5.41, 5.74) is 2.64. The molecule has 0 aromatic heterocycles. The fourth-order valence-electron chi connectivity index (χ4n) is 2.85. The SMILES string of the molecule is COc1ccc(S[C@H](C)C(=O)N2CCc3ccccc3C2)cc1. The predicted molar refractivity (Wildman–Crippen MR) is 93.9 cm³/mol. The molecule has 0 bridgehead atoms. The fraction of sp³-hybridized carbons (Fsp3) is 0.316. The molecule has 0 N–H and O–H groups in total. The molecule has 2 aromatic carbocycles. The molecule has 1 heterocycles. The highest BCUT2D eigenvalue weighted by molar-refractivity contribution is 8.00. The normalized spacial score (nSPS) is 15.0. The minimum atomic E-state index is -0.0892. The number of hydrogen-bond donors (Lipinski definition) is 0. The van der Waals surface area contributed by atoms with Crippen molar-refractivity contribution in [3.8, 4) is 5.75 Å². The van der Waals surface area contributed by atoms with Crippen LogP contribution >= 0.6 is 11.8 Å². The van der Waals surface area contributed by atoms with E-state index >= 15 is 0 Å². The molecule has 23 heavy (non-hydrogen) atoms. The van der Waals surface area contributed by atoms with Gasteiger partial charge in [0.15, 0.2) is 0 Å². The molecule has 3 nitrogen and oxygen atoms in total. The van der Waals surface area contributed by atoms with Gasteiger partial charge in [0.25, 0.3) is 0 Å². The lowest BCUT2D eigenvalue weighted by Crippen LogP contribution is -2.40. The van der Waals surface area contributed by atoms with Crippen LogP contribution < -0.4 is 4.74 Å². The van der Waals surface area contributed by atoms with Gasteiger partial charge in [-0.1, -0.05) is 24.3 Å². The van der Waals surface area contributed by atoms with E-state index in [0.29, 0.717) is 0 Å². The van der Waals surface area contributed by atoms with Crippen molar-refractivity contribution < 1.29 is 9.53 Å². The second kappa shape index (κ2) is 7.09. The van der Waals surface area contributed by atoms with E-state index in [2.05, 4.69) is 18.2 Å². The van der Waals surface area contributed by atoms with Crippen molar-refractivity contribution in [3.63, 3.8) is 0 Å². The summed E-state index contributed by atoms with van der Waals surface area (Å²) in [6.07, 6.45) is 0.946. The summed E-state index contributed by atoms with van der Waals surface area (Å²) >= 11 is 1.60. The van der Waals surface area contributed by atoms with Crippen molar-refractivity contribution in [2.45, 2.75) is 30.0 Å². The second-order valence-corrected chi connectivity index (χ2v) is 7.13. The number of fused-ring (bicyclic) bond motifs is 1. The Kier molecular flexibility index (Phi) is 4.91. The standard InChI is InChI=1S/C19H21NO2S/c1-14(23-18-9-7-17(22-2)8-10-18)19(21)20-12-11-15-5-3-4-6-16(15)13-20/h3-10,14H,11-13H2,1-2H3/t14-/m1/s1. The van der Waals surface area contributed by atoms with E-state index in [-0.39, 0.29) is 11.2 Å². The molecule has 1 amide bonds. The van der Waals surface area contributed by atoms with Gasteiger partial charge in [0, 0.05) is 18.0 Å². The zero-order chi connectivity index (χ0) is 16.2. The van der Waals surface area contributed by atoms with Gasteiger partial charge < -0.3 is 9.64 Å². The molecule has 0 saturated carbocycles. The number of carbonyl (C=O) groups is 1. The van der Waals surface area contributed by atoms with Crippen LogP contribution in [0.4, 0.5) is 0 Å². The first-order valence-corrected chi connectivity index (χ1v) is 8.71. The van der Waals surface area contributed by atoms with Gasteiger partial charge in [0.1, 0.15) is 5.75 Å². The van der Waals surface area contributed by atoms with Gasteiger partial charge >= 0.3 is 0 Å². The Morgan fingerprint density at radius 3 is 2.52 bits per heavy atom.